The van der Waals surface area contributed by atoms with Crippen LogP contribution >= 0.6 is 23.1 Å². The Balaban J connectivity index is 1.88. The zero-order valence-electron chi connectivity index (χ0n) is 15.5. The van der Waals surface area contributed by atoms with Crippen LogP contribution in [-0.2, 0) is 0 Å². The Labute approximate surface area is 164 Å². The van der Waals surface area contributed by atoms with Gasteiger partial charge in [-0.25, -0.2) is 0 Å². The van der Waals surface area contributed by atoms with Crippen molar-refractivity contribution in [2.75, 3.05) is 33.5 Å². The van der Waals surface area contributed by atoms with Crippen molar-refractivity contribution in [3.8, 4) is 5.75 Å². The molecular weight excluding hydrogens is 358 g/mol. The molecule has 0 aliphatic rings. The van der Waals surface area contributed by atoms with E-state index in [4.69, 9.17) is 4.74 Å². The third-order valence-corrected chi connectivity index (χ3v) is 6.05. The van der Waals surface area contributed by atoms with E-state index >= 15 is 0 Å². The fraction of sp³-hybridized carbons (Fsp3) is 0.273. The van der Waals surface area contributed by atoms with Crippen molar-refractivity contribution < 1.29 is 4.74 Å². The molecule has 0 fully saturated rings. The van der Waals surface area contributed by atoms with Gasteiger partial charge in [-0.05, 0) is 61.1 Å². The van der Waals surface area contributed by atoms with Gasteiger partial charge in [-0.15, -0.1) is 23.1 Å². The second kappa shape index (κ2) is 9.26. The predicted octanol–water partition coefficient (Wildman–Crippen LogP) is 5.59. The van der Waals surface area contributed by atoms with Gasteiger partial charge in [-0.2, -0.15) is 0 Å². The van der Waals surface area contributed by atoms with Crippen LogP contribution in [0, 0.1) is 0 Å². The molecule has 0 radical (unpaired) electrons. The number of thiophene rings is 1. The number of rotatable bonds is 8. The first-order valence-corrected chi connectivity index (χ1v) is 10.8. The van der Waals surface area contributed by atoms with Gasteiger partial charge in [0.2, 0.25) is 0 Å². The molecule has 2 aromatic carbocycles. The lowest BCUT2D eigenvalue weighted by Gasteiger charge is -2.20. The van der Waals surface area contributed by atoms with Crippen LogP contribution < -0.4 is 4.74 Å². The molecule has 3 aromatic rings. The minimum atomic E-state index is 0.259. The van der Waals surface area contributed by atoms with E-state index in [1.165, 1.54) is 20.9 Å². The zero-order valence-corrected chi connectivity index (χ0v) is 17.1. The van der Waals surface area contributed by atoms with E-state index in [0.717, 1.165) is 12.3 Å². The average molecular weight is 384 g/mol. The van der Waals surface area contributed by atoms with E-state index in [9.17, 15) is 0 Å². The van der Waals surface area contributed by atoms with Gasteiger partial charge in [0.1, 0.15) is 12.4 Å². The van der Waals surface area contributed by atoms with Crippen LogP contribution in [0.5, 0.6) is 5.75 Å². The third kappa shape index (κ3) is 4.70. The zero-order chi connectivity index (χ0) is 18.4. The van der Waals surface area contributed by atoms with Gasteiger partial charge in [-0.3, -0.25) is 0 Å². The third-order valence-electron chi connectivity index (χ3n) is 4.30. The van der Waals surface area contributed by atoms with E-state index in [1.807, 2.05) is 23.1 Å². The highest BCUT2D eigenvalue weighted by Gasteiger charge is 2.20. The number of nitrogens with zero attached hydrogens (tertiary/aromatic N) is 1. The van der Waals surface area contributed by atoms with Crippen LogP contribution in [0.1, 0.15) is 21.9 Å². The van der Waals surface area contributed by atoms with Gasteiger partial charge in [0.15, 0.2) is 0 Å². The number of thioether (sulfide) groups is 1. The van der Waals surface area contributed by atoms with Gasteiger partial charge >= 0.3 is 0 Å². The lowest BCUT2D eigenvalue weighted by atomic mass is 9.90. The van der Waals surface area contributed by atoms with Crippen molar-refractivity contribution in [1.29, 1.82) is 0 Å². The Morgan fingerprint density at radius 3 is 2.42 bits per heavy atom. The summed E-state index contributed by atoms with van der Waals surface area (Å²) in [5.41, 5.74) is 2.66. The van der Waals surface area contributed by atoms with E-state index in [2.05, 4.69) is 91.3 Å². The molecule has 26 heavy (non-hydrogen) atoms. The molecule has 136 valence electrons. The fourth-order valence-electron chi connectivity index (χ4n) is 2.96. The molecule has 0 saturated carbocycles. The molecule has 0 aliphatic heterocycles. The molecule has 0 N–H and O–H groups in total. The van der Waals surface area contributed by atoms with Gasteiger partial charge in [0.25, 0.3) is 0 Å². The van der Waals surface area contributed by atoms with Crippen LogP contribution in [0.3, 0.4) is 0 Å². The molecular formula is C22H25NOS2. The molecule has 1 atom stereocenters. The van der Waals surface area contributed by atoms with Crippen LogP contribution in [0.15, 0.2) is 70.9 Å². The molecule has 0 spiro atoms. The first-order valence-electron chi connectivity index (χ1n) is 8.73. The van der Waals surface area contributed by atoms with Crippen molar-refractivity contribution in [3.63, 3.8) is 0 Å². The number of likely N-dealkylation sites (N-methyl/N-ethyl adjacent to an activating group) is 1. The molecule has 4 heteroatoms. The monoisotopic (exact) mass is 383 g/mol. The van der Waals surface area contributed by atoms with Crippen molar-refractivity contribution in [1.82, 2.24) is 4.90 Å². The second-order valence-electron chi connectivity index (χ2n) is 6.41. The maximum absolute atomic E-state index is 5.85. The topological polar surface area (TPSA) is 12.5 Å². The molecule has 2 nitrogen and oxygen atoms in total. The number of hydrogen-bond acceptors (Lipinski definition) is 4. The van der Waals surface area contributed by atoms with Crippen molar-refractivity contribution >= 4 is 23.1 Å². The summed E-state index contributed by atoms with van der Waals surface area (Å²) in [6.45, 7) is 1.62. The number of ether oxygens (including phenoxy) is 1. The van der Waals surface area contributed by atoms with Crippen molar-refractivity contribution in [3.05, 3.63) is 82.0 Å². The van der Waals surface area contributed by atoms with Crippen LogP contribution in [-0.4, -0.2) is 38.4 Å². The maximum Gasteiger partial charge on any atom is 0.119 e. The normalized spacial score (nSPS) is 12.3. The van der Waals surface area contributed by atoms with Gasteiger partial charge < -0.3 is 9.64 Å². The van der Waals surface area contributed by atoms with Gasteiger partial charge in [-0.1, -0.05) is 36.4 Å². The van der Waals surface area contributed by atoms with E-state index in [1.54, 1.807) is 0 Å². The molecule has 0 amide bonds. The summed E-state index contributed by atoms with van der Waals surface area (Å²) < 4.78 is 5.85. The van der Waals surface area contributed by atoms with Crippen molar-refractivity contribution in [2.24, 2.45) is 0 Å². The predicted molar refractivity (Wildman–Crippen MR) is 114 cm³/mol. The first kappa shape index (κ1) is 19.0. The Hall–Kier alpha value is -1.75. The lowest BCUT2D eigenvalue weighted by molar-refractivity contribution is 0.261. The highest BCUT2D eigenvalue weighted by molar-refractivity contribution is 7.98. The minimum absolute atomic E-state index is 0.259. The second-order valence-corrected chi connectivity index (χ2v) is 8.24. The smallest absolute Gasteiger partial charge is 0.119 e. The molecule has 1 unspecified atom stereocenters. The SMILES string of the molecule is CSc1ccccc1C(c1ccc(OCCN(C)C)cc1)c1cccs1. The summed E-state index contributed by atoms with van der Waals surface area (Å²) in [7, 11) is 4.11. The number of benzene rings is 2. The lowest BCUT2D eigenvalue weighted by Crippen LogP contribution is -2.19. The molecule has 3 rings (SSSR count). The van der Waals surface area contributed by atoms with Gasteiger partial charge in [0, 0.05) is 22.2 Å². The summed E-state index contributed by atoms with van der Waals surface area (Å²) in [5, 5.41) is 2.16. The number of hydrogen-bond donors (Lipinski definition) is 0. The van der Waals surface area contributed by atoms with Crippen LogP contribution in [0.2, 0.25) is 0 Å². The maximum atomic E-state index is 5.85. The standard InChI is InChI=1S/C22H25NOS2/c1-23(2)14-15-24-18-12-10-17(11-13-18)22(21-9-6-16-26-21)19-7-4-5-8-20(19)25-3/h4-13,16,22H,14-15H2,1-3H3. The first-order chi connectivity index (χ1) is 12.7. The van der Waals surface area contributed by atoms with Crippen LogP contribution in [0.25, 0.3) is 0 Å². The van der Waals surface area contributed by atoms with Crippen molar-refractivity contribution in [2.45, 2.75) is 10.8 Å². The van der Waals surface area contributed by atoms with Gasteiger partial charge in [0.05, 0.1) is 0 Å². The molecule has 0 saturated heterocycles. The fourth-order valence-corrected chi connectivity index (χ4v) is 4.47. The Bertz CT molecular complexity index is 797. The molecule has 0 aliphatic carbocycles. The molecule has 1 heterocycles. The minimum Gasteiger partial charge on any atom is -0.492 e. The Morgan fingerprint density at radius 1 is 1.00 bits per heavy atom. The summed E-state index contributed by atoms with van der Waals surface area (Å²) in [5.74, 6) is 1.19. The quantitative estimate of drug-likeness (QED) is 0.470. The molecule has 0 bridgehead atoms. The molecule has 1 aromatic heterocycles. The Morgan fingerprint density at radius 2 is 1.77 bits per heavy atom. The summed E-state index contributed by atoms with van der Waals surface area (Å²) in [6.07, 6.45) is 2.14. The van der Waals surface area contributed by atoms with E-state index in [-0.39, 0.29) is 5.92 Å². The van der Waals surface area contributed by atoms with Crippen LogP contribution in [0.4, 0.5) is 0 Å². The highest BCUT2D eigenvalue weighted by Crippen LogP contribution is 2.39. The summed E-state index contributed by atoms with van der Waals surface area (Å²) in [6, 6.07) is 21.6. The van der Waals surface area contributed by atoms with E-state index < -0.39 is 0 Å². The average Bonchev–Trinajstić information content (AvgIpc) is 3.18. The Kier molecular flexibility index (Phi) is 6.78. The largest absolute Gasteiger partial charge is 0.492 e. The highest BCUT2D eigenvalue weighted by atomic mass is 32.2. The summed E-state index contributed by atoms with van der Waals surface area (Å²) >= 11 is 3.62. The summed E-state index contributed by atoms with van der Waals surface area (Å²) in [4.78, 5) is 4.82. The van der Waals surface area contributed by atoms with E-state index in [0.29, 0.717) is 6.61 Å².